The first kappa shape index (κ1) is 24.5. The number of ether oxygens (including phenoxy) is 4. The summed E-state index contributed by atoms with van der Waals surface area (Å²) in [6.45, 7) is 3.72. The molecule has 0 aliphatic heterocycles. The molecule has 0 spiro atoms. The summed E-state index contributed by atoms with van der Waals surface area (Å²) in [6.07, 6.45) is 3.56. The molecule has 3 aromatic rings. The highest BCUT2D eigenvalue weighted by Crippen LogP contribution is 2.36. The Bertz CT molecular complexity index is 1150. The minimum absolute atomic E-state index is 0.143. The van der Waals surface area contributed by atoms with Gasteiger partial charge in [0.1, 0.15) is 28.6 Å². The Balaban J connectivity index is 1.89. The van der Waals surface area contributed by atoms with Crippen molar-refractivity contribution in [3.8, 4) is 23.0 Å². The van der Waals surface area contributed by atoms with Crippen LogP contribution >= 0.6 is 0 Å². The van der Waals surface area contributed by atoms with Gasteiger partial charge in [0.2, 0.25) is 0 Å². The van der Waals surface area contributed by atoms with Gasteiger partial charge in [-0.05, 0) is 49.8 Å². The number of nitrogens with one attached hydrogen (secondary N) is 1. The van der Waals surface area contributed by atoms with Crippen LogP contribution in [0.4, 0.5) is 11.4 Å². The van der Waals surface area contributed by atoms with Gasteiger partial charge in [-0.15, -0.1) is 0 Å². The number of esters is 1. The maximum absolute atomic E-state index is 12.9. The normalized spacial score (nSPS) is 10.9. The van der Waals surface area contributed by atoms with Gasteiger partial charge in [-0.25, -0.2) is 4.79 Å². The predicted octanol–water partition coefficient (Wildman–Crippen LogP) is 5.26. The van der Waals surface area contributed by atoms with Crippen molar-refractivity contribution in [3.05, 3.63) is 71.3 Å². The molecule has 34 heavy (non-hydrogen) atoms. The van der Waals surface area contributed by atoms with Crippen LogP contribution in [0.15, 0.2) is 54.6 Å². The van der Waals surface area contributed by atoms with Gasteiger partial charge in [-0.1, -0.05) is 18.2 Å². The molecule has 0 bridgehead atoms. The first-order chi connectivity index (χ1) is 16.3. The average molecular weight is 465 g/mol. The summed E-state index contributed by atoms with van der Waals surface area (Å²) in [7, 11) is 3.04. The van der Waals surface area contributed by atoms with Gasteiger partial charge in [-0.2, -0.15) is 0 Å². The van der Waals surface area contributed by atoms with Crippen LogP contribution in [0.5, 0.6) is 23.0 Å². The van der Waals surface area contributed by atoms with Crippen LogP contribution in [0.1, 0.15) is 35.3 Å². The van der Waals surface area contributed by atoms with Crippen LogP contribution in [0, 0.1) is 0 Å². The summed E-state index contributed by atoms with van der Waals surface area (Å²) < 4.78 is 22.4. The monoisotopic (exact) mass is 464 g/mol. The molecule has 178 valence electrons. The fourth-order valence-corrected chi connectivity index (χ4v) is 3.21. The number of methoxy groups -OCH3 is 2. The van der Waals surface area contributed by atoms with E-state index in [0.29, 0.717) is 34.2 Å². The summed E-state index contributed by atoms with van der Waals surface area (Å²) >= 11 is 0. The highest BCUT2D eigenvalue weighted by atomic mass is 16.5. The smallest absolute Gasteiger partial charge is 0.347 e. The average Bonchev–Trinajstić information content (AvgIpc) is 2.82. The van der Waals surface area contributed by atoms with Crippen LogP contribution in [-0.4, -0.2) is 31.5 Å². The number of nitrogens with two attached hydrogens (primary N) is 1. The maximum Gasteiger partial charge on any atom is 0.347 e. The topological polar surface area (TPSA) is 112 Å². The second kappa shape index (κ2) is 11.1. The van der Waals surface area contributed by atoms with Crippen LogP contribution < -0.4 is 30.2 Å². The lowest BCUT2D eigenvalue weighted by atomic mass is 10.1. The Kier molecular flexibility index (Phi) is 8.00. The molecule has 3 rings (SSSR count). The second-order valence-corrected chi connectivity index (χ2v) is 7.62. The minimum Gasteiger partial charge on any atom is -0.496 e. The number of nitrogen functional groups attached to an aromatic ring is 1. The van der Waals surface area contributed by atoms with E-state index in [9.17, 15) is 4.79 Å². The molecule has 0 aliphatic rings. The molecule has 0 atom stereocenters. The standard InChI is InChI=1S/C26H28N2O6/c1-16(2)33-25-13-18(27)8-12-22(25)26(29)34-20-14-23(31-3)21(24(15-20)32-4)11-7-17-5-9-19(28-30)10-6-17/h5-16,28,30H,27H2,1-4H3/b11-7+. The molecule has 8 heteroatoms. The molecule has 0 unspecified atom stereocenters. The van der Waals surface area contributed by atoms with Crippen LogP contribution in [0.25, 0.3) is 12.2 Å². The third-order valence-corrected chi connectivity index (χ3v) is 4.80. The highest BCUT2D eigenvalue weighted by Gasteiger charge is 2.19. The van der Waals surface area contributed by atoms with Gasteiger partial charge < -0.3 is 24.7 Å². The number of hydrogen-bond acceptors (Lipinski definition) is 8. The molecule has 0 aromatic heterocycles. The lowest BCUT2D eigenvalue weighted by Gasteiger charge is -2.16. The molecule has 0 saturated heterocycles. The molecule has 3 aromatic carbocycles. The van der Waals surface area contributed by atoms with E-state index in [4.69, 9.17) is 29.9 Å². The first-order valence-electron chi connectivity index (χ1n) is 10.6. The summed E-state index contributed by atoms with van der Waals surface area (Å²) in [5.41, 5.74) is 10.8. The van der Waals surface area contributed by atoms with E-state index in [1.807, 2.05) is 38.1 Å². The van der Waals surface area contributed by atoms with Gasteiger partial charge >= 0.3 is 5.97 Å². The van der Waals surface area contributed by atoms with Crippen LogP contribution in [0.2, 0.25) is 0 Å². The molecule has 0 fully saturated rings. The van der Waals surface area contributed by atoms with Crippen LogP contribution in [0.3, 0.4) is 0 Å². The molecule has 0 heterocycles. The van der Waals surface area contributed by atoms with E-state index >= 15 is 0 Å². The number of anilines is 2. The molecule has 4 N–H and O–H groups in total. The zero-order chi connectivity index (χ0) is 24.7. The second-order valence-electron chi connectivity index (χ2n) is 7.62. The van der Waals surface area contributed by atoms with Gasteiger partial charge in [0.15, 0.2) is 0 Å². The Morgan fingerprint density at radius 3 is 2.15 bits per heavy atom. The highest BCUT2D eigenvalue weighted by molar-refractivity contribution is 5.94. The number of carbonyl (C=O) groups is 1. The molecule has 0 radical (unpaired) electrons. The minimum atomic E-state index is -0.597. The largest absolute Gasteiger partial charge is 0.496 e. The Hall–Kier alpha value is -4.17. The fraction of sp³-hybridized carbons (Fsp3) is 0.192. The van der Waals surface area contributed by atoms with E-state index in [-0.39, 0.29) is 17.4 Å². The first-order valence-corrected chi connectivity index (χ1v) is 10.6. The molecule has 0 amide bonds. The zero-order valence-electron chi connectivity index (χ0n) is 19.5. The van der Waals surface area contributed by atoms with Crippen molar-refractivity contribution in [2.24, 2.45) is 0 Å². The predicted molar refractivity (Wildman–Crippen MR) is 132 cm³/mol. The van der Waals surface area contributed by atoms with Gasteiger partial charge in [0, 0.05) is 23.9 Å². The zero-order valence-corrected chi connectivity index (χ0v) is 19.5. The van der Waals surface area contributed by atoms with Crippen molar-refractivity contribution in [3.63, 3.8) is 0 Å². The van der Waals surface area contributed by atoms with Crippen molar-refractivity contribution in [1.82, 2.24) is 0 Å². The van der Waals surface area contributed by atoms with Gasteiger partial charge in [0.05, 0.1) is 31.6 Å². The summed E-state index contributed by atoms with van der Waals surface area (Å²) in [5.74, 6) is 0.925. The molecule has 0 saturated carbocycles. The fourth-order valence-electron chi connectivity index (χ4n) is 3.21. The van der Waals surface area contributed by atoms with Gasteiger partial charge in [-0.3, -0.25) is 10.7 Å². The van der Waals surface area contributed by atoms with E-state index in [2.05, 4.69) is 5.48 Å². The Labute approximate surface area is 198 Å². The van der Waals surface area contributed by atoms with Crippen molar-refractivity contribution < 1.29 is 28.9 Å². The van der Waals surface area contributed by atoms with Gasteiger partial charge in [0.25, 0.3) is 0 Å². The van der Waals surface area contributed by atoms with E-state index in [1.54, 1.807) is 42.5 Å². The molecule has 8 nitrogen and oxygen atoms in total. The van der Waals surface area contributed by atoms with E-state index < -0.39 is 5.97 Å². The van der Waals surface area contributed by atoms with Crippen LogP contribution in [-0.2, 0) is 0 Å². The quantitative estimate of drug-likeness (QED) is 0.129. The lowest BCUT2D eigenvalue weighted by molar-refractivity contribution is 0.0728. The summed E-state index contributed by atoms with van der Waals surface area (Å²) in [4.78, 5) is 12.9. The van der Waals surface area contributed by atoms with E-state index in [0.717, 1.165) is 5.56 Å². The summed E-state index contributed by atoms with van der Waals surface area (Å²) in [6, 6.07) is 15.2. The van der Waals surface area contributed by atoms with Crippen molar-refractivity contribution in [2.75, 3.05) is 25.4 Å². The number of carbonyl (C=O) groups excluding carboxylic acids is 1. The third kappa shape index (κ3) is 5.99. The Morgan fingerprint density at radius 2 is 1.59 bits per heavy atom. The lowest BCUT2D eigenvalue weighted by Crippen LogP contribution is -2.14. The number of rotatable bonds is 9. The SMILES string of the molecule is COc1cc(OC(=O)c2ccc(N)cc2OC(C)C)cc(OC)c1/C=C/c1ccc(NO)cc1. The van der Waals surface area contributed by atoms with Crippen molar-refractivity contribution in [2.45, 2.75) is 20.0 Å². The van der Waals surface area contributed by atoms with Crippen molar-refractivity contribution in [1.29, 1.82) is 0 Å². The maximum atomic E-state index is 12.9. The van der Waals surface area contributed by atoms with E-state index in [1.165, 1.54) is 14.2 Å². The summed E-state index contributed by atoms with van der Waals surface area (Å²) in [5, 5.41) is 8.95. The molecular formula is C26H28N2O6. The number of hydrogen-bond donors (Lipinski definition) is 3. The Morgan fingerprint density at radius 1 is 0.941 bits per heavy atom. The molecular weight excluding hydrogens is 436 g/mol. The third-order valence-electron chi connectivity index (χ3n) is 4.80. The molecule has 0 aliphatic carbocycles. The number of benzene rings is 3. The van der Waals surface area contributed by atoms with Crippen molar-refractivity contribution >= 4 is 29.5 Å².